The number of aryl methyl sites for hydroxylation is 1. The Hall–Kier alpha value is -0.870. The van der Waals surface area contributed by atoms with Crippen LogP contribution in [0.15, 0.2) is 12.3 Å². The van der Waals surface area contributed by atoms with Crippen molar-refractivity contribution in [1.82, 2.24) is 15.1 Å². The Bertz CT molecular complexity index is 302. The number of aliphatic hydroxyl groups is 1. The van der Waals surface area contributed by atoms with E-state index in [1.54, 1.807) is 4.68 Å². The molecule has 4 nitrogen and oxygen atoms in total. The highest BCUT2D eigenvalue weighted by Gasteiger charge is 2.29. The first-order valence-corrected chi connectivity index (χ1v) is 5.10. The minimum absolute atomic E-state index is 0.591. The summed E-state index contributed by atoms with van der Waals surface area (Å²) in [5.41, 5.74) is 0.380. The number of aromatic nitrogens is 2. The van der Waals surface area contributed by atoms with Crippen molar-refractivity contribution in [2.75, 3.05) is 13.1 Å². The maximum Gasteiger partial charge on any atom is 0.0827 e. The van der Waals surface area contributed by atoms with E-state index in [-0.39, 0.29) is 0 Å². The fourth-order valence-corrected chi connectivity index (χ4v) is 2.00. The van der Waals surface area contributed by atoms with Crippen molar-refractivity contribution in [2.24, 2.45) is 7.05 Å². The number of hydrogen-bond acceptors (Lipinski definition) is 3. The molecule has 1 saturated heterocycles. The Morgan fingerprint density at radius 1 is 1.71 bits per heavy atom. The maximum absolute atomic E-state index is 10.2. The van der Waals surface area contributed by atoms with Crippen molar-refractivity contribution in [2.45, 2.75) is 24.9 Å². The van der Waals surface area contributed by atoms with E-state index in [0.717, 1.165) is 25.1 Å². The van der Waals surface area contributed by atoms with Crippen LogP contribution in [0.1, 0.15) is 18.5 Å². The van der Waals surface area contributed by atoms with Gasteiger partial charge in [-0.1, -0.05) is 0 Å². The molecule has 78 valence electrons. The van der Waals surface area contributed by atoms with Gasteiger partial charge in [0, 0.05) is 26.2 Å². The van der Waals surface area contributed by atoms with Crippen LogP contribution >= 0.6 is 0 Å². The zero-order chi connectivity index (χ0) is 10.0. The van der Waals surface area contributed by atoms with Gasteiger partial charge in [-0.15, -0.1) is 0 Å². The van der Waals surface area contributed by atoms with Crippen molar-refractivity contribution >= 4 is 0 Å². The molecule has 0 spiro atoms. The highest BCUT2D eigenvalue weighted by atomic mass is 16.3. The summed E-state index contributed by atoms with van der Waals surface area (Å²) in [6.45, 7) is 1.70. The molecule has 2 rings (SSSR count). The lowest BCUT2D eigenvalue weighted by Crippen LogP contribution is -2.47. The van der Waals surface area contributed by atoms with E-state index in [0.29, 0.717) is 13.0 Å². The normalized spacial score (nSPS) is 27.9. The van der Waals surface area contributed by atoms with Crippen molar-refractivity contribution in [1.29, 1.82) is 0 Å². The smallest absolute Gasteiger partial charge is 0.0827 e. The van der Waals surface area contributed by atoms with E-state index in [4.69, 9.17) is 0 Å². The Labute approximate surface area is 83.9 Å². The van der Waals surface area contributed by atoms with Crippen molar-refractivity contribution in [3.63, 3.8) is 0 Å². The summed E-state index contributed by atoms with van der Waals surface area (Å²) in [6.07, 6.45) is 4.48. The third-order valence-electron chi connectivity index (χ3n) is 2.73. The van der Waals surface area contributed by atoms with E-state index in [2.05, 4.69) is 10.4 Å². The van der Waals surface area contributed by atoms with Crippen LogP contribution in [-0.4, -0.2) is 33.6 Å². The third kappa shape index (κ3) is 2.13. The van der Waals surface area contributed by atoms with Gasteiger partial charge < -0.3 is 10.4 Å². The third-order valence-corrected chi connectivity index (χ3v) is 2.73. The monoisotopic (exact) mass is 195 g/mol. The molecular weight excluding hydrogens is 178 g/mol. The molecule has 1 atom stereocenters. The summed E-state index contributed by atoms with van der Waals surface area (Å²) in [7, 11) is 1.90. The van der Waals surface area contributed by atoms with Crippen LogP contribution < -0.4 is 5.32 Å². The molecule has 1 unspecified atom stereocenters. The van der Waals surface area contributed by atoms with Crippen LogP contribution in [0.5, 0.6) is 0 Å². The standard InChI is InChI=1S/C10H17N3O/c1-13-6-3-9(12-13)7-10(14)4-2-5-11-8-10/h3,6,11,14H,2,4-5,7-8H2,1H3. The number of piperidine rings is 1. The first-order valence-electron chi connectivity index (χ1n) is 5.10. The van der Waals surface area contributed by atoms with E-state index in [1.807, 2.05) is 19.3 Å². The molecule has 4 heteroatoms. The molecule has 2 N–H and O–H groups in total. The Kier molecular flexibility index (Phi) is 2.56. The quantitative estimate of drug-likeness (QED) is 0.702. The molecule has 14 heavy (non-hydrogen) atoms. The Balaban J connectivity index is 2.01. The van der Waals surface area contributed by atoms with E-state index in [9.17, 15) is 5.11 Å². The predicted molar refractivity (Wildman–Crippen MR) is 54.0 cm³/mol. The van der Waals surface area contributed by atoms with Gasteiger partial charge in [-0.3, -0.25) is 4.68 Å². The zero-order valence-corrected chi connectivity index (χ0v) is 8.53. The van der Waals surface area contributed by atoms with E-state index < -0.39 is 5.60 Å². The molecule has 1 aliphatic heterocycles. The Morgan fingerprint density at radius 2 is 2.57 bits per heavy atom. The fraction of sp³-hybridized carbons (Fsp3) is 0.700. The van der Waals surface area contributed by atoms with Gasteiger partial charge in [-0.25, -0.2) is 0 Å². The molecule has 0 radical (unpaired) electrons. The van der Waals surface area contributed by atoms with Crippen LogP contribution in [0.2, 0.25) is 0 Å². The number of rotatable bonds is 2. The highest BCUT2D eigenvalue weighted by molar-refractivity contribution is 5.05. The first kappa shape index (κ1) is 9.68. The zero-order valence-electron chi connectivity index (χ0n) is 8.53. The highest BCUT2D eigenvalue weighted by Crippen LogP contribution is 2.20. The number of β-amino-alcohol motifs (C(OH)–C–C–N with tert-alkyl or cyclic N) is 1. The molecule has 0 aromatic carbocycles. The number of hydrogen-bond donors (Lipinski definition) is 2. The van der Waals surface area contributed by atoms with Crippen molar-refractivity contribution in [3.8, 4) is 0 Å². The average molecular weight is 195 g/mol. The summed E-state index contributed by atoms with van der Waals surface area (Å²) in [5, 5.41) is 17.7. The van der Waals surface area contributed by atoms with Gasteiger partial charge >= 0.3 is 0 Å². The number of nitrogens with one attached hydrogen (secondary N) is 1. The largest absolute Gasteiger partial charge is 0.388 e. The van der Waals surface area contributed by atoms with Crippen LogP contribution in [-0.2, 0) is 13.5 Å². The lowest BCUT2D eigenvalue weighted by molar-refractivity contribution is 0.0160. The van der Waals surface area contributed by atoms with Crippen molar-refractivity contribution < 1.29 is 5.11 Å². The lowest BCUT2D eigenvalue weighted by atomic mass is 9.89. The molecule has 2 heterocycles. The van der Waals surface area contributed by atoms with Crippen LogP contribution in [0, 0.1) is 0 Å². The second-order valence-electron chi connectivity index (χ2n) is 4.16. The minimum atomic E-state index is -0.591. The molecule has 1 aliphatic rings. The molecule has 0 aliphatic carbocycles. The van der Waals surface area contributed by atoms with Gasteiger partial charge in [-0.2, -0.15) is 5.10 Å². The second-order valence-corrected chi connectivity index (χ2v) is 4.16. The molecule has 1 aromatic heterocycles. The molecule has 1 aromatic rings. The van der Waals surface area contributed by atoms with Gasteiger partial charge in [0.25, 0.3) is 0 Å². The summed E-state index contributed by atoms with van der Waals surface area (Å²) >= 11 is 0. The summed E-state index contributed by atoms with van der Waals surface area (Å²) in [5.74, 6) is 0. The number of nitrogens with zero attached hydrogens (tertiary/aromatic N) is 2. The lowest BCUT2D eigenvalue weighted by Gasteiger charge is -2.31. The fourth-order valence-electron chi connectivity index (χ4n) is 2.00. The van der Waals surface area contributed by atoms with Gasteiger partial charge in [0.05, 0.1) is 11.3 Å². The Morgan fingerprint density at radius 3 is 3.14 bits per heavy atom. The maximum atomic E-state index is 10.2. The van der Waals surface area contributed by atoms with Gasteiger partial charge in [-0.05, 0) is 25.5 Å². The molecule has 0 bridgehead atoms. The van der Waals surface area contributed by atoms with E-state index in [1.165, 1.54) is 0 Å². The van der Waals surface area contributed by atoms with Crippen LogP contribution in [0.25, 0.3) is 0 Å². The average Bonchev–Trinajstić information content (AvgIpc) is 2.51. The van der Waals surface area contributed by atoms with Gasteiger partial charge in [0.15, 0.2) is 0 Å². The first-order chi connectivity index (χ1) is 6.68. The summed E-state index contributed by atoms with van der Waals surface area (Å²) in [4.78, 5) is 0. The predicted octanol–water partition coefficient (Wildman–Crippen LogP) is 0.0771. The molecule has 0 saturated carbocycles. The van der Waals surface area contributed by atoms with Gasteiger partial charge in [0.2, 0.25) is 0 Å². The van der Waals surface area contributed by atoms with Crippen LogP contribution in [0.3, 0.4) is 0 Å². The van der Waals surface area contributed by atoms with Gasteiger partial charge in [0.1, 0.15) is 0 Å². The SMILES string of the molecule is Cn1ccc(CC2(O)CCCNC2)n1. The van der Waals surface area contributed by atoms with Crippen molar-refractivity contribution in [3.05, 3.63) is 18.0 Å². The summed E-state index contributed by atoms with van der Waals surface area (Å²) in [6, 6.07) is 1.96. The molecule has 1 fully saturated rings. The molecular formula is C10H17N3O. The summed E-state index contributed by atoms with van der Waals surface area (Å²) < 4.78 is 1.77. The molecule has 0 amide bonds. The van der Waals surface area contributed by atoms with Crippen LogP contribution in [0.4, 0.5) is 0 Å². The van der Waals surface area contributed by atoms with E-state index >= 15 is 0 Å². The topological polar surface area (TPSA) is 50.1 Å². The second kappa shape index (κ2) is 3.71. The minimum Gasteiger partial charge on any atom is -0.388 e.